The Morgan fingerprint density at radius 3 is 2.76 bits per heavy atom. The van der Waals surface area contributed by atoms with E-state index in [1.165, 1.54) is 17.9 Å². The molecule has 4 heteroatoms. The van der Waals surface area contributed by atoms with Crippen molar-refractivity contribution >= 4 is 17.4 Å². The Kier molecular flexibility index (Phi) is 7.08. The van der Waals surface area contributed by atoms with Crippen LogP contribution in [0.1, 0.15) is 13.3 Å². The van der Waals surface area contributed by atoms with Gasteiger partial charge in [-0.05, 0) is 42.2 Å². The van der Waals surface area contributed by atoms with Crippen molar-refractivity contribution in [1.29, 1.82) is 5.26 Å². The molecule has 0 radical (unpaired) electrons. The minimum absolute atomic E-state index is 0.0982. The molecule has 1 N–H and O–H groups in total. The number of ether oxygens (including phenoxy) is 1. The van der Waals surface area contributed by atoms with Crippen LogP contribution in [0.15, 0.2) is 24.3 Å². The van der Waals surface area contributed by atoms with Gasteiger partial charge in [-0.15, -0.1) is 0 Å². The highest BCUT2D eigenvalue weighted by molar-refractivity contribution is 7.99. The molecule has 0 aliphatic carbocycles. The first kappa shape index (κ1) is 13.7. The molecule has 92 valence electrons. The van der Waals surface area contributed by atoms with E-state index in [4.69, 9.17) is 10.00 Å². The molecular weight excluding hydrogens is 232 g/mol. The fourth-order valence-electron chi connectivity index (χ4n) is 1.34. The molecule has 0 fully saturated rings. The fraction of sp³-hybridized carbons (Fsp3) is 0.462. The maximum atomic E-state index is 8.38. The van der Waals surface area contributed by atoms with E-state index < -0.39 is 0 Å². The first-order chi connectivity index (χ1) is 8.36. The van der Waals surface area contributed by atoms with Crippen molar-refractivity contribution < 1.29 is 4.74 Å². The summed E-state index contributed by atoms with van der Waals surface area (Å²) in [5.74, 6) is 3.12. The molecular formula is C13H18N2OS. The van der Waals surface area contributed by atoms with Crippen molar-refractivity contribution in [3.05, 3.63) is 24.3 Å². The molecule has 0 atom stereocenters. The Morgan fingerprint density at radius 2 is 2.12 bits per heavy atom. The average molecular weight is 250 g/mol. The van der Waals surface area contributed by atoms with E-state index in [9.17, 15) is 0 Å². The summed E-state index contributed by atoms with van der Waals surface area (Å²) in [6, 6.07) is 9.64. The van der Waals surface area contributed by atoms with Gasteiger partial charge in [-0.1, -0.05) is 6.92 Å². The predicted molar refractivity (Wildman–Crippen MR) is 73.7 cm³/mol. The van der Waals surface area contributed by atoms with Crippen molar-refractivity contribution in [3.63, 3.8) is 0 Å². The minimum atomic E-state index is 0.0982. The second-order valence-corrected chi connectivity index (χ2v) is 4.84. The highest BCUT2D eigenvalue weighted by Gasteiger charge is 1.94. The Labute approximate surface area is 107 Å². The molecule has 0 amide bonds. The summed E-state index contributed by atoms with van der Waals surface area (Å²) in [6.07, 6.45) is 1.17. The molecule has 0 aliphatic rings. The number of nitrogens with zero attached hydrogens (tertiary/aromatic N) is 1. The van der Waals surface area contributed by atoms with Gasteiger partial charge < -0.3 is 10.1 Å². The number of benzene rings is 1. The Bertz CT molecular complexity index is 345. The molecule has 0 aromatic heterocycles. The molecule has 1 aromatic rings. The lowest BCUT2D eigenvalue weighted by Crippen LogP contribution is -2.02. The summed E-state index contributed by atoms with van der Waals surface area (Å²) < 4.78 is 5.18. The van der Waals surface area contributed by atoms with E-state index in [2.05, 4.69) is 12.2 Å². The highest BCUT2D eigenvalue weighted by atomic mass is 32.2. The van der Waals surface area contributed by atoms with Crippen molar-refractivity contribution in [2.24, 2.45) is 0 Å². The van der Waals surface area contributed by atoms with Crippen LogP contribution in [0, 0.1) is 11.3 Å². The summed E-state index contributed by atoms with van der Waals surface area (Å²) in [4.78, 5) is 0. The lowest BCUT2D eigenvalue weighted by atomic mass is 10.3. The van der Waals surface area contributed by atoms with Crippen LogP contribution in [0.3, 0.4) is 0 Å². The van der Waals surface area contributed by atoms with E-state index in [1.54, 1.807) is 0 Å². The highest BCUT2D eigenvalue weighted by Crippen LogP contribution is 2.15. The van der Waals surface area contributed by atoms with E-state index in [0.29, 0.717) is 0 Å². The zero-order chi connectivity index (χ0) is 12.3. The van der Waals surface area contributed by atoms with Crippen molar-refractivity contribution in [2.75, 3.05) is 30.0 Å². The second-order valence-electron chi connectivity index (χ2n) is 3.45. The van der Waals surface area contributed by atoms with Crippen molar-refractivity contribution in [2.45, 2.75) is 13.3 Å². The largest absolute Gasteiger partial charge is 0.479 e. The molecule has 0 aliphatic heterocycles. The average Bonchev–Trinajstić information content (AvgIpc) is 2.37. The van der Waals surface area contributed by atoms with Gasteiger partial charge in [0.2, 0.25) is 0 Å². The Morgan fingerprint density at radius 1 is 1.35 bits per heavy atom. The van der Waals surface area contributed by atoms with Gasteiger partial charge in [0.1, 0.15) is 11.8 Å². The zero-order valence-electron chi connectivity index (χ0n) is 10.1. The zero-order valence-corrected chi connectivity index (χ0v) is 10.9. The number of anilines is 1. The van der Waals surface area contributed by atoms with E-state index in [-0.39, 0.29) is 6.61 Å². The normalized spacial score (nSPS) is 9.65. The second kappa shape index (κ2) is 8.77. The molecule has 3 nitrogen and oxygen atoms in total. The molecule has 0 saturated carbocycles. The molecule has 0 heterocycles. The van der Waals surface area contributed by atoms with Gasteiger partial charge in [-0.25, -0.2) is 0 Å². The minimum Gasteiger partial charge on any atom is -0.479 e. The summed E-state index contributed by atoms with van der Waals surface area (Å²) in [5.41, 5.74) is 1.09. The van der Waals surface area contributed by atoms with Crippen molar-refractivity contribution in [3.8, 4) is 11.8 Å². The Hall–Kier alpha value is -1.34. The smallest absolute Gasteiger partial charge is 0.174 e. The van der Waals surface area contributed by atoms with Crippen molar-refractivity contribution in [1.82, 2.24) is 0 Å². The summed E-state index contributed by atoms with van der Waals surface area (Å²) in [5, 5.41) is 11.7. The molecule has 0 saturated heterocycles. The van der Waals surface area contributed by atoms with Crippen LogP contribution in [0.4, 0.5) is 5.69 Å². The quantitative estimate of drug-likeness (QED) is 0.720. The predicted octanol–water partition coefficient (Wildman–Crippen LogP) is 3.14. The van der Waals surface area contributed by atoms with Gasteiger partial charge in [-0.3, -0.25) is 0 Å². The van der Waals surface area contributed by atoms with Crippen LogP contribution in [-0.2, 0) is 0 Å². The third kappa shape index (κ3) is 6.08. The van der Waals surface area contributed by atoms with E-state index in [0.717, 1.165) is 18.0 Å². The van der Waals surface area contributed by atoms with E-state index >= 15 is 0 Å². The maximum absolute atomic E-state index is 8.38. The van der Waals surface area contributed by atoms with Gasteiger partial charge in [0, 0.05) is 12.2 Å². The van der Waals surface area contributed by atoms with Gasteiger partial charge in [0.05, 0.1) is 0 Å². The van der Waals surface area contributed by atoms with E-state index in [1.807, 2.05) is 42.1 Å². The number of rotatable bonds is 8. The fourth-order valence-corrected chi connectivity index (χ4v) is 1.97. The van der Waals surface area contributed by atoms with Gasteiger partial charge in [0.25, 0.3) is 0 Å². The summed E-state index contributed by atoms with van der Waals surface area (Å²) >= 11 is 1.96. The molecule has 0 unspecified atom stereocenters. The monoisotopic (exact) mass is 250 g/mol. The third-order valence-corrected chi connectivity index (χ3v) is 3.14. The first-order valence-electron chi connectivity index (χ1n) is 5.78. The Balaban J connectivity index is 2.23. The SMILES string of the molecule is CCSCCCNc1ccc(OCC#N)cc1. The van der Waals surface area contributed by atoms with Crippen LogP contribution in [0.2, 0.25) is 0 Å². The van der Waals surface area contributed by atoms with Crippen LogP contribution in [0.5, 0.6) is 5.75 Å². The topological polar surface area (TPSA) is 45.0 Å². The number of nitriles is 1. The molecule has 17 heavy (non-hydrogen) atoms. The maximum Gasteiger partial charge on any atom is 0.174 e. The van der Waals surface area contributed by atoms with Crippen LogP contribution < -0.4 is 10.1 Å². The summed E-state index contributed by atoms with van der Waals surface area (Å²) in [7, 11) is 0. The molecule has 1 rings (SSSR count). The van der Waals surface area contributed by atoms with Crippen LogP contribution in [0.25, 0.3) is 0 Å². The lowest BCUT2D eigenvalue weighted by Gasteiger charge is -2.07. The standard InChI is InChI=1S/C13H18N2OS/c1-2-17-11-3-9-15-12-4-6-13(7-5-12)16-10-8-14/h4-7,15H,2-3,9-11H2,1H3. The lowest BCUT2D eigenvalue weighted by molar-refractivity contribution is 0.368. The van der Waals surface area contributed by atoms with Crippen LogP contribution >= 0.6 is 11.8 Å². The van der Waals surface area contributed by atoms with Gasteiger partial charge >= 0.3 is 0 Å². The third-order valence-electron chi connectivity index (χ3n) is 2.16. The number of nitrogens with one attached hydrogen (secondary N) is 1. The number of thioether (sulfide) groups is 1. The first-order valence-corrected chi connectivity index (χ1v) is 6.93. The molecule has 0 bridgehead atoms. The number of hydrogen-bond donors (Lipinski definition) is 1. The summed E-state index contributed by atoms with van der Waals surface area (Å²) in [6.45, 7) is 3.27. The molecule has 1 aromatic carbocycles. The van der Waals surface area contributed by atoms with Gasteiger partial charge in [0.15, 0.2) is 6.61 Å². The van der Waals surface area contributed by atoms with Crippen LogP contribution in [-0.4, -0.2) is 24.7 Å². The molecule has 0 spiro atoms. The number of hydrogen-bond acceptors (Lipinski definition) is 4. The van der Waals surface area contributed by atoms with Gasteiger partial charge in [-0.2, -0.15) is 17.0 Å².